The molecule has 128 valence electrons. The van der Waals surface area contributed by atoms with Crippen molar-refractivity contribution in [2.24, 2.45) is 23.7 Å². The average molecular weight is 353 g/mol. The largest absolute Gasteiger partial charge is 0.151 e. The molecule has 0 saturated heterocycles. The van der Waals surface area contributed by atoms with Gasteiger partial charge in [-0.1, -0.05) is 91.0 Å². The van der Waals surface area contributed by atoms with Crippen molar-refractivity contribution in [2.45, 2.75) is 18.4 Å². The van der Waals surface area contributed by atoms with Gasteiger partial charge in [0.25, 0.3) is 0 Å². The van der Waals surface area contributed by atoms with Crippen LogP contribution in [-0.4, -0.2) is 8.07 Å². The first-order valence-electron chi connectivity index (χ1n) is 10.1. The second-order valence-corrected chi connectivity index (χ2v) is 12.6. The van der Waals surface area contributed by atoms with Gasteiger partial charge in [0, 0.05) is 0 Å². The molecule has 0 nitrogen and oxygen atoms in total. The minimum Gasteiger partial charge on any atom is -0.0624 e. The molecule has 0 aromatic heterocycles. The van der Waals surface area contributed by atoms with E-state index in [4.69, 9.17) is 0 Å². The SMILES string of the molecule is c1ccc([Si](c2ccccc2)(c2ccccc2)C2C3CC4C(C3)C42)cc1. The topological polar surface area (TPSA) is 0 Å². The summed E-state index contributed by atoms with van der Waals surface area (Å²) in [6.07, 6.45) is 3.00. The Labute approximate surface area is 156 Å². The molecule has 4 aliphatic carbocycles. The maximum Gasteiger partial charge on any atom is 0.151 e. The lowest BCUT2D eigenvalue weighted by molar-refractivity contribution is 0.594. The Balaban J connectivity index is 1.67. The summed E-state index contributed by atoms with van der Waals surface area (Å²) in [6.45, 7) is 0. The highest BCUT2D eigenvalue weighted by atomic mass is 28.3. The minimum atomic E-state index is -2.03. The number of hydrogen-bond donors (Lipinski definition) is 0. The van der Waals surface area contributed by atoms with E-state index < -0.39 is 8.07 Å². The summed E-state index contributed by atoms with van der Waals surface area (Å²) in [5.41, 5.74) is 0.879. The Morgan fingerprint density at radius 2 is 0.923 bits per heavy atom. The molecule has 1 heteroatoms. The second-order valence-electron chi connectivity index (χ2n) is 8.57. The van der Waals surface area contributed by atoms with Crippen molar-refractivity contribution in [1.29, 1.82) is 0 Å². The standard InChI is InChI=1S/C25H24Si/c1-4-10-19(11-5-1)26(20-12-6-2-7-13-20,21-14-8-3-9-15-21)25-18-16-22-23(17-18)24(22)25/h1-15,18,22-25H,16-17H2. The van der Waals surface area contributed by atoms with Crippen LogP contribution in [0.25, 0.3) is 0 Å². The molecule has 0 radical (unpaired) electrons. The zero-order valence-electron chi connectivity index (χ0n) is 15.0. The molecule has 4 aliphatic rings. The first-order valence-corrected chi connectivity index (χ1v) is 12.1. The summed E-state index contributed by atoms with van der Waals surface area (Å²) in [5.74, 6) is 4.04. The van der Waals surface area contributed by atoms with E-state index >= 15 is 0 Å². The Morgan fingerprint density at radius 3 is 1.23 bits per heavy atom. The van der Waals surface area contributed by atoms with Crippen LogP contribution in [0.1, 0.15) is 12.8 Å². The van der Waals surface area contributed by atoms with Crippen LogP contribution >= 0.6 is 0 Å². The predicted octanol–water partition coefficient (Wildman–Crippen LogP) is 3.81. The molecule has 4 fully saturated rings. The summed E-state index contributed by atoms with van der Waals surface area (Å²) in [4.78, 5) is 0. The molecule has 3 aromatic rings. The Kier molecular flexibility index (Phi) is 3.13. The summed E-state index contributed by atoms with van der Waals surface area (Å²) in [7, 11) is -2.03. The molecule has 3 atom stereocenters. The van der Waals surface area contributed by atoms with E-state index in [9.17, 15) is 0 Å². The van der Waals surface area contributed by atoms with Gasteiger partial charge in [0.15, 0.2) is 8.07 Å². The normalized spacial score (nSPS) is 31.2. The zero-order valence-corrected chi connectivity index (χ0v) is 16.0. The predicted molar refractivity (Wildman–Crippen MR) is 111 cm³/mol. The van der Waals surface area contributed by atoms with Crippen LogP contribution in [-0.2, 0) is 0 Å². The van der Waals surface area contributed by atoms with E-state index in [2.05, 4.69) is 91.0 Å². The maximum absolute atomic E-state index is 2.43. The van der Waals surface area contributed by atoms with Crippen molar-refractivity contribution in [3.05, 3.63) is 91.0 Å². The fourth-order valence-corrected chi connectivity index (χ4v) is 13.3. The molecule has 4 bridgehead atoms. The molecule has 0 amide bonds. The maximum atomic E-state index is 2.43. The third-order valence-electron chi connectivity index (χ3n) is 7.66. The van der Waals surface area contributed by atoms with Crippen LogP contribution in [0.2, 0.25) is 5.54 Å². The minimum absolute atomic E-state index is 0.879. The van der Waals surface area contributed by atoms with E-state index in [-0.39, 0.29) is 0 Å². The molecule has 3 aromatic carbocycles. The lowest BCUT2D eigenvalue weighted by Crippen LogP contribution is -2.70. The molecule has 4 saturated carbocycles. The second kappa shape index (κ2) is 5.44. The van der Waals surface area contributed by atoms with E-state index in [0.29, 0.717) is 0 Å². The van der Waals surface area contributed by atoms with Crippen molar-refractivity contribution in [3.8, 4) is 0 Å². The smallest absolute Gasteiger partial charge is 0.0624 e. The van der Waals surface area contributed by atoms with Crippen LogP contribution in [0.4, 0.5) is 0 Å². The number of hydrogen-bond acceptors (Lipinski definition) is 0. The molecule has 3 unspecified atom stereocenters. The van der Waals surface area contributed by atoms with E-state index in [1.165, 1.54) is 12.8 Å². The quantitative estimate of drug-likeness (QED) is 0.495. The van der Waals surface area contributed by atoms with Gasteiger partial charge in [-0.25, -0.2) is 0 Å². The number of benzene rings is 3. The van der Waals surface area contributed by atoms with Gasteiger partial charge >= 0.3 is 0 Å². The van der Waals surface area contributed by atoms with Gasteiger partial charge in [-0.2, -0.15) is 0 Å². The fraction of sp³-hybridized carbons (Fsp3) is 0.280. The fourth-order valence-electron chi connectivity index (χ4n) is 6.90. The first-order chi connectivity index (χ1) is 12.9. The lowest BCUT2D eigenvalue weighted by atomic mass is 10.1. The Morgan fingerprint density at radius 1 is 0.538 bits per heavy atom. The summed E-state index contributed by atoms with van der Waals surface area (Å²) in [5, 5.41) is 4.84. The van der Waals surface area contributed by atoms with Crippen molar-refractivity contribution in [2.75, 3.05) is 0 Å². The van der Waals surface area contributed by atoms with Crippen LogP contribution in [0, 0.1) is 23.7 Å². The summed E-state index contributed by atoms with van der Waals surface area (Å²) < 4.78 is 0. The van der Waals surface area contributed by atoms with Crippen molar-refractivity contribution in [3.63, 3.8) is 0 Å². The summed E-state index contributed by atoms with van der Waals surface area (Å²) in [6, 6.07) is 34.6. The van der Waals surface area contributed by atoms with Crippen LogP contribution in [0.5, 0.6) is 0 Å². The number of rotatable bonds is 4. The van der Waals surface area contributed by atoms with Crippen molar-refractivity contribution >= 4 is 23.6 Å². The molecule has 0 heterocycles. The molecular weight excluding hydrogens is 328 g/mol. The molecule has 26 heavy (non-hydrogen) atoms. The van der Waals surface area contributed by atoms with Crippen molar-refractivity contribution < 1.29 is 0 Å². The molecule has 0 spiro atoms. The van der Waals surface area contributed by atoms with Gasteiger partial charge < -0.3 is 0 Å². The van der Waals surface area contributed by atoms with E-state index in [1.807, 2.05) is 0 Å². The Hall–Kier alpha value is -2.12. The van der Waals surface area contributed by atoms with Gasteiger partial charge in [0.05, 0.1) is 0 Å². The molecule has 0 aliphatic heterocycles. The molecular formula is C25H24Si. The monoisotopic (exact) mass is 352 g/mol. The average Bonchev–Trinajstić information content (AvgIpc) is 3.08. The highest BCUT2D eigenvalue weighted by Crippen LogP contribution is 2.77. The lowest BCUT2D eigenvalue weighted by Gasteiger charge is -2.41. The van der Waals surface area contributed by atoms with E-state index in [1.54, 1.807) is 15.6 Å². The highest BCUT2D eigenvalue weighted by molar-refractivity contribution is 7.12. The Bertz CT molecular complexity index is 807. The zero-order chi connectivity index (χ0) is 17.1. The third kappa shape index (κ3) is 1.85. The van der Waals surface area contributed by atoms with Gasteiger partial charge in [-0.3, -0.25) is 0 Å². The van der Waals surface area contributed by atoms with Gasteiger partial charge in [0.2, 0.25) is 0 Å². The van der Waals surface area contributed by atoms with Gasteiger partial charge in [-0.05, 0) is 57.6 Å². The first kappa shape index (κ1) is 15.0. The highest BCUT2D eigenvalue weighted by Gasteiger charge is 2.73. The van der Waals surface area contributed by atoms with Gasteiger partial charge in [0.1, 0.15) is 0 Å². The van der Waals surface area contributed by atoms with Crippen LogP contribution in [0.3, 0.4) is 0 Å². The molecule has 0 N–H and O–H groups in total. The van der Waals surface area contributed by atoms with Crippen molar-refractivity contribution in [1.82, 2.24) is 0 Å². The molecule has 7 rings (SSSR count). The third-order valence-corrected chi connectivity index (χ3v) is 13.2. The van der Waals surface area contributed by atoms with Gasteiger partial charge in [-0.15, -0.1) is 0 Å². The summed E-state index contributed by atoms with van der Waals surface area (Å²) >= 11 is 0. The van der Waals surface area contributed by atoms with E-state index in [0.717, 1.165) is 29.2 Å². The van der Waals surface area contributed by atoms with Crippen LogP contribution in [0.15, 0.2) is 91.0 Å². The van der Waals surface area contributed by atoms with Crippen LogP contribution < -0.4 is 15.6 Å².